The van der Waals surface area contributed by atoms with Gasteiger partial charge in [0.05, 0.1) is 12.2 Å². The van der Waals surface area contributed by atoms with E-state index >= 15 is 0 Å². The lowest BCUT2D eigenvalue weighted by Gasteiger charge is -2.55. The number of allylic oxidation sites excluding steroid dienone is 3. The molecule has 1 unspecified atom stereocenters. The number of hydrogen-bond donors (Lipinski definition) is 1. The van der Waals surface area contributed by atoms with Crippen molar-refractivity contribution in [2.45, 2.75) is 98.2 Å². The molecule has 4 aliphatic rings. The zero-order valence-corrected chi connectivity index (χ0v) is 18.8. The summed E-state index contributed by atoms with van der Waals surface area (Å²) in [7, 11) is 0. The topological polar surface area (TPSA) is 29.5 Å². The zero-order chi connectivity index (χ0) is 20.1. The van der Waals surface area contributed by atoms with E-state index in [2.05, 4.69) is 46.8 Å². The van der Waals surface area contributed by atoms with Crippen molar-refractivity contribution >= 4 is 0 Å². The van der Waals surface area contributed by atoms with Gasteiger partial charge in [-0.2, -0.15) is 0 Å². The third-order valence-electron chi connectivity index (χ3n) is 9.26. The minimum absolute atomic E-state index is 0.122. The molecule has 0 aromatic heterocycles. The molecule has 158 valence electrons. The molecule has 4 rings (SSSR count). The Morgan fingerprint density at radius 1 is 1.04 bits per heavy atom. The quantitative estimate of drug-likeness (QED) is 0.601. The summed E-state index contributed by atoms with van der Waals surface area (Å²) >= 11 is 0. The van der Waals surface area contributed by atoms with Crippen LogP contribution in [0.3, 0.4) is 0 Å². The maximum absolute atomic E-state index is 10.2. The van der Waals surface area contributed by atoms with E-state index in [1.54, 1.807) is 5.57 Å². The Labute approximate surface area is 172 Å². The highest BCUT2D eigenvalue weighted by Gasteiger charge is 2.57. The lowest BCUT2D eigenvalue weighted by Crippen LogP contribution is -2.47. The summed E-state index contributed by atoms with van der Waals surface area (Å²) in [6.45, 7) is 12.9. The van der Waals surface area contributed by atoms with Crippen LogP contribution in [0.4, 0.5) is 0 Å². The van der Waals surface area contributed by atoms with Crippen LogP contribution in [0.5, 0.6) is 0 Å². The Balaban J connectivity index is 1.53. The van der Waals surface area contributed by atoms with Gasteiger partial charge in [0, 0.05) is 6.61 Å². The molecule has 2 heteroatoms. The van der Waals surface area contributed by atoms with Crippen LogP contribution in [0.2, 0.25) is 0 Å². The zero-order valence-electron chi connectivity index (χ0n) is 18.8. The molecule has 3 saturated carbocycles. The summed E-state index contributed by atoms with van der Waals surface area (Å²) < 4.78 is 6.35. The van der Waals surface area contributed by atoms with Gasteiger partial charge in [0.25, 0.3) is 0 Å². The molecule has 0 aromatic rings. The average Bonchev–Trinajstić information content (AvgIpc) is 2.99. The van der Waals surface area contributed by atoms with Crippen molar-refractivity contribution in [2.75, 3.05) is 6.61 Å². The molecule has 1 N–H and O–H groups in total. The molecule has 0 aromatic carbocycles. The highest BCUT2D eigenvalue weighted by atomic mass is 16.5. The second kappa shape index (κ2) is 7.58. The first-order chi connectivity index (χ1) is 13.3. The fraction of sp³-hybridized carbons (Fsp3) is 0.846. The maximum Gasteiger partial charge on any atom is 0.0580 e. The number of ether oxygens (including phenoxy) is 1. The van der Waals surface area contributed by atoms with Gasteiger partial charge in [0.1, 0.15) is 0 Å². The van der Waals surface area contributed by atoms with Crippen molar-refractivity contribution in [3.8, 4) is 0 Å². The number of hydrogen-bond acceptors (Lipinski definition) is 2. The van der Waals surface area contributed by atoms with Gasteiger partial charge in [-0.1, -0.05) is 51.0 Å². The van der Waals surface area contributed by atoms with Crippen molar-refractivity contribution in [1.29, 1.82) is 0 Å². The van der Waals surface area contributed by atoms with Gasteiger partial charge in [0.15, 0.2) is 0 Å². The smallest absolute Gasteiger partial charge is 0.0580 e. The van der Waals surface area contributed by atoms with E-state index in [1.165, 1.54) is 37.7 Å². The van der Waals surface area contributed by atoms with Gasteiger partial charge < -0.3 is 9.84 Å². The largest absolute Gasteiger partial charge is 0.393 e. The molecule has 7 atom stereocenters. The molecule has 4 aliphatic carbocycles. The Hall–Kier alpha value is -0.600. The Bertz CT molecular complexity index is 647. The summed E-state index contributed by atoms with van der Waals surface area (Å²) in [5.74, 6) is 2.85. The van der Waals surface area contributed by atoms with Gasteiger partial charge in [-0.05, 0) is 92.8 Å². The normalized spacial score (nSPS) is 43.7. The molecule has 0 bridgehead atoms. The number of aliphatic hydroxyl groups excluding tert-OH is 1. The van der Waals surface area contributed by atoms with Gasteiger partial charge >= 0.3 is 0 Å². The third-order valence-corrected chi connectivity index (χ3v) is 9.26. The van der Waals surface area contributed by atoms with Crippen LogP contribution in [-0.2, 0) is 4.74 Å². The van der Waals surface area contributed by atoms with Crippen LogP contribution < -0.4 is 0 Å². The lowest BCUT2D eigenvalue weighted by atomic mass is 9.50. The second-order valence-corrected chi connectivity index (χ2v) is 11.3. The molecule has 0 amide bonds. The highest BCUT2D eigenvalue weighted by Crippen LogP contribution is 2.65. The summed E-state index contributed by atoms with van der Waals surface area (Å²) in [4.78, 5) is 0. The monoisotopic (exact) mass is 386 g/mol. The number of fused-ring (bicyclic) bond motifs is 5. The molecule has 0 saturated heterocycles. The van der Waals surface area contributed by atoms with Crippen molar-refractivity contribution < 1.29 is 9.84 Å². The number of aliphatic hydroxyl groups is 1. The molecule has 0 aliphatic heterocycles. The van der Waals surface area contributed by atoms with E-state index < -0.39 is 0 Å². The molecule has 2 nitrogen and oxygen atoms in total. The first-order valence-corrected chi connectivity index (χ1v) is 12.0. The maximum atomic E-state index is 10.2. The Morgan fingerprint density at radius 2 is 1.82 bits per heavy atom. The summed E-state index contributed by atoms with van der Waals surface area (Å²) in [5.41, 5.74) is 3.95. The van der Waals surface area contributed by atoms with Crippen molar-refractivity contribution in [3.05, 3.63) is 23.3 Å². The summed E-state index contributed by atoms with van der Waals surface area (Å²) in [5, 5.41) is 10.2. The Morgan fingerprint density at radius 3 is 2.57 bits per heavy atom. The van der Waals surface area contributed by atoms with E-state index in [4.69, 9.17) is 4.74 Å². The van der Waals surface area contributed by atoms with Crippen LogP contribution in [0, 0.1) is 34.5 Å². The molecule has 28 heavy (non-hydrogen) atoms. The SMILES string of the molecule is CC(C)CCOC(C)[C@H]1CC[C@H]2C3=CC=C4C[C@@H](O)CC[C@]4(C)[C@H]3CC[C@]12C. The highest BCUT2D eigenvalue weighted by molar-refractivity contribution is 5.38. The van der Waals surface area contributed by atoms with Gasteiger partial charge in [-0.25, -0.2) is 0 Å². The standard InChI is InChI=1S/C26H42O2/c1-17(2)12-15-28-18(3)22-8-9-23-21-7-6-19-16-20(27)10-13-25(19,4)24(21)11-14-26(22,23)5/h6-7,17-18,20,22-24,27H,8-16H2,1-5H3/t18?,20-,22+,23-,24-,25-,26+/m0/s1. The van der Waals surface area contributed by atoms with E-state index in [-0.39, 0.29) is 6.10 Å². The third kappa shape index (κ3) is 3.33. The van der Waals surface area contributed by atoms with Crippen LogP contribution in [0.25, 0.3) is 0 Å². The van der Waals surface area contributed by atoms with Gasteiger partial charge in [0.2, 0.25) is 0 Å². The fourth-order valence-corrected chi connectivity index (χ4v) is 7.40. The fourth-order valence-electron chi connectivity index (χ4n) is 7.40. The predicted molar refractivity (Wildman–Crippen MR) is 116 cm³/mol. The van der Waals surface area contributed by atoms with Crippen LogP contribution in [0.15, 0.2) is 23.3 Å². The van der Waals surface area contributed by atoms with Crippen molar-refractivity contribution in [2.24, 2.45) is 34.5 Å². The molecule has 0 spiro atoms. The lowest BCUT2D eigenvalue weighted by molar-refractivity contribution is -0.0374. The van der Waals surface area contributed by atoms with E-state index in [0.29, 0.717) is 28.8 Å². The first kappa shape index (κ1) is 20.7. The Kier molecular flexibility index (Phi) is 5.59. The summed E-state index contributed by atoms with van der Waals surface area (Å²) in [6, 6.07) is 0. The van der Waals surface area contributed by atoms with Crippen LogP contribution >= 0.6 is 0 Å². The van der Waals surface area contributed by atoms with Crippen molar-refractivity contribution in [3.63, 3.8) is 0 Å². The molecule has 0 radical (unpaired) electrons. The average molecular weight is 387 g/mol. The molecule has 0 heterocycles. The molecular weight excluding hydrogens is 344 g/mol. The van der Waals surface area contributed by atoms with Gasteiger partial charge in [-0.3, -0.25) is 0 Å². The van der Waals surface area contributed by atoms with Crippen molar-refractivity contribution in [1.82, 2.24) is 0 Å². The number of rotatable bonds is 5. The first-order valence-electron chi connectivity index (χ1n) is 12.0. The van der Waals surface area contributed by atoms with Gasteiger partial charge in [-0.15, -0.1) is 0 Å². The predicted octanol–water partition coefficient (Wildman–Crippen LogP) is 6.30. The minimum atomic E-state index is -0.122. The van der Waals surface area contributed by atoms with Crippen LogP contribution in [0.1, 0.15) is 86.0 Å². The van der Waals surface area contributed by atoms with Crippen LogP contribution in [-0.4, -0.2) is 23.9 Å². The van der Waals surface area contributed by atoms with E-state index in [1.807, 2.05) is 0 Å². The second-order valence-electron chi connectivity index (χ2n) is 11.3. The minimum Gasteiger partial charge on any atom is -0.393 e. The van der Waals surface area contributed by atoms with E-state index in [0.717, 1.165) is 37.7 Å². The molecule has 3 fully saturated rings. The molecular formula is C26H42O2. The summed E-state index contributed by atoms with van der Waals surface area (Å²) in [6.07, 6.45) is 14.6. The van der Waals surface area contributed by atoms with E-state index in [9.17, 15) is 5.11 Å².